The molecular formula is C14H15F3O3. The maximum Gasteiger partial charge on any atom is 0.416 e. The van der Waals surface area contributed by atoms with Crippen molar-refractivity contribution in [1.29, 1.82) is 0 Å². The van der Waals surface area contributed by atoms with Crippen molar-refractivity contribution in [1.82, 2.24) is 0 Å². The highest BCUT2D eigenvalue weighted by Crippen LogP contribution is 2.41. The zero-order chi connectivity index (χ0) is 14.9. The van der Waals surface area contributed by atoms with E-state index in [4.69, 9.17) is 5.11 Å². The van der Waals surface area contributed by atoms with Crippen molar-refractivity contribution in [2.75, 3.05) is 0 Å². The second kappa shape index (κ2) is 5.34. The monoisotopic (exact) mass is 288 g/mol. The number of aromatic hydroxyl groups is 1. The maximum absolute atomic E-state index is 12.5. The van der Waals surface area contributed by atoms with Crippen molar-refractivity contribution in [2.45, 2.75) is 37.8 Å². The SMILES string of the molecule is O=C(O)C1CCC(c2ccc(C(F)(F)F)cc2O)CC1. The fourth-order valence-electron chi connectivity index (χ4n) is 2.72. The summed E-state index contributed by atoms with van der Waals surface area (Å²) in [4.78, 5) is 10.8. The number of phenolic OH excluding ortho intramolecular Hbond substituents is 1. The summed E-state index contributed by atoms with van der Waals surface area (Å²) in [6, 6.07) is 2.99. The molecule has 0 spiro atoms. The number of rotatable bonds is 2. The highest BCUT2D eigenvalue weighted by molar-refractivity contribution is 5.70. The molecule has 0 saturated heterocycles. The highest BCUT2D eigenvalue weighted by Gasteiger charge is 2.33. The van der Waals surface area contributed by atoms with Crippen LogP contribution in [0.4, 0.5) is 13.2 Å². The number of hydrogen-bond donors (Lipinski definition) is 2. The molecule has 0 aliphatic heterocycles. The maximum atomic E-state index is 12.5. The smallest absolute Gasteiger partial charge is 0.416 e. The zero-order valence-electron chi connectivity index (χ0n) is 10.7. The number of aliphatic carboxylic acids is 1. The lowest BCUT2D eigenvalue weighted by molar-refractivity contribution is -0.143. The van der Waals surface area contributed by atoms with Gasteiger partial charge in [-0.05, 0) is 49.3 Å². The van der Waals surface area contributed by atoms with Gasteiger partial charge in [0, 0.05) is 0 Å². The van der Waals surface area contributed by atoms with Crippen LogP contribution in [0.1, 0.15) is 42.7 Å². The van der Waals surface area contributed by atoms with Gasteiger partial charge in [0.25, 0.3) is 0 Å². The van der Waals surface area contributed by atoms with Crippen LogP contribution < -0.4 is 0 Å². The fraction of sp³-hybridized carbons (Fsp3) is 0.500. The molecule has 2 rings (SSSR count). The molecule has 1 aliphatic rings. The fourth-order valence-corrected chi connectivity index (χ4v) is 2.72. The number of carboxylic acid groups (broad SMARTS) is 1. The van der Waals surface area contributed by atoms with Gasteiger partial charge in [-0.25, -0.2) is 0 Å². The van der Waals surface area contributed by atoms with Crippen molar-refractivity contribution < 1.29 is 28.2 Å². The van der Waals surface area contributed by atoms with E-state index in [0.29, 0.717) is 31.2 Å². The minimum atomic E-state index is -4.48. The van der Waals surface area contributed by atoms with Gasteiger partial charge in [0.05, 0.1) is 11.5 Å². The van der Waals surface area contributed by atoms with Crippen LogP contribution in [-0.2, 0) is 11.0 Å². The average molecular weight is 288 g/mol. The van der Waals surface area contributed by atoms with Gasteiger partial charge in [-0.15, -0.1) is 0 Å². The van der Waals surface area contributed by atoms with Crippen molar-refractivity contribution in [3.63, 3.8) is 0 Å². The normalized spacial score (nSPS) is 23.6. The van der Waals surface area contributed by atoms with E-state index in [1.807, 2.05) is 0 Å². The van der Waals surface area contributed by atoms with Gasteiger partial charge < -0.3 is 10.2 Å². The lowest BCUT2D eigenvalue weighted by Crippen LogP contribution is -2.20. The van der Waals surface area contributed by atoms with E-state index in [1.54, 1.807) is 0 Å². The molecule has 6 heteroatoms. The van der Waals surface area contributed by atoms with E-state index in [2.05, 4.69) is 0 Å². The molecule has 2 N–H and O–H groups in total. The Morgan fingerprint density at radius 1 is 1.15 bits per heavy atom. The molecule has 1 aromatic rings. The van der Waals surface area contributed by atoms with Crippen LogP contribution in [0, 0.1) is 5.92 Å². The van der Waals surface area contributed by atoms with Crippen LogP contribution in [0.15, 0.2) is 18.2 Å². The lowest BCUT2D eigenvalue weighted by Gasteiger charge is -2.27. The third kappa shape index (κ3) is 3.05. The van der Waals surface area contributed by atoms with Crippen molar-refractivity contribution in [3.8, 4) is 5.75 Å². The van der Waals surface area contributed by atoms with E-state index < -0.39 is 17.7 Å². The molecular weight excluding hydrogens is 273 g/mol. The molecule has 1 fully saturated rings. The third-order valence-electron chi connectivity index (χ3n) is 3.87. The number of carboxylic acids is 1. The topological polar surface area (TPSA) is 57.5 Å². The Morgan fingerprint density at radius 2 is 1.75 bits per heavy atom. The molecule has 0 atom stereocenters. The van der Waals surface area contributed by atoms with Gasteiger partial charge in [-0.2, -0.15) is 13.2 Å². The van der Waals surface area contributed by atoms with Crippen molar-refractivity contribution in [3.05, 3.63) is 29.3 Å². The Hall–Kier alpha value is -1.72. The first-order valence-corrected chi connectivity index (χ1v) is 6.42. The van der Waals surface area contributed by atoms with Crippen molar-refractivity contribution in [2.24, 2.45) is 5.92 Å². The average Bonchev–Trinajstić information content (AvgIpc) is 2.37. The molecule has 1 saturated carbocycles. The minimum absolute atomic E-state index is 0.0760. The Labute approximate surface area is 114 Å². The van der Waals surface area contributed by atoms with Crippen LogP contribution in [0.3, 0.4) is 0 Å². The lowest BCUT2D eigenvalue weighted by atomic mass is 9.78. The summed E-state index contributed by atoms with van der Waals surface area (Å²) in [7, 11) is 0. The molecule has 0 bridgehead atoms. The second-order valence-corrected chi connectivity index (χ2v) is 5.16. The molecule has 1 aliphatic carbocycles. The molecule has 110 valence electrons. The zero-order valence-corrected chi connectivity index (χ0v) is 10.7. The molecule has 0 heterocycles. The van der Waals surface area contributed by atoms with E-state index in [-0.39, 0.29) is 17.6 Å². The first-order valence-electron chi connectivity index (χ1n) is 6.42. The van der Waals surface area contributed by atoms with Crippen LogP contribution >= 0.6 is 0 Å². The predicted octanol–water partition coefficient (Wildman–Crippen LogP) is 3.77. The molecule has 0 unspecified atom stereocenters. The van der Waals surface area contributed by atoms with Gasteiger partial charge >= 0.3 is 12.1 Å². The number of alkyl halides is 3. The minimum Gasteiger partial charge on any atom is -0.508 e. The summed E-state index contributed by atoms with van der Waals surface area (Å²) < 4.78 is 37.5. The molecule has 0 aromatic heterocycles. The summed E-state index contributed by atoms with van der Waals surface area (Å²) in [6.07, 6.45) is -2.37. The molecule has 0 amide bonds. The molecule has 1 aromatic carbocycles. The standard InChI is InChI=1S/C14H15F3O3/c15-14(16,17)10-5-6-11(12(18)7-10)8-1-3-9(4-2-8)13(19)20/h5-9,18H,1-4H2,(H,19,20). The van der Waals surface area contributed by atoms with Gasteiger partial charge in [0.2, 0.25) is 0 Å². The number of carbonyl (C=O) groups is 1. The number of phenols is 1. The van der Waals surface area contributed by atoms with E-state index in [0.717, 1.165) is 12.1 Å². The quantitative estimate of drug-likeness (QED) is 0.871. The van der Waals surface area contributed by atoms with E-state index in [9.17, 15) is 23.1 Å². The van der Waals surface area contributed by atoms with Crippen LogP contribution in [0.2, 0.25) is 0 Å². The van der Waals surface area contributed by atoms with Gasteiger partial charge in [-0.1, -0.05) is 6.07 Å². The van der Waals surface area contributed by atoms with E-state index >= 15 is 0 Å². The number of hydrogen-bond acceptors (Lipinski definition) is 2. The second-order valence-electron chi connectivity index (χ2n) is 5.16. The number of halogens is 3. The van der Waals surface area contributed by atoms with E-state index in [1.165, 1.54) is 6.07 Å². The third-order valence-corrected chi connectivity index (χ3v) is 3.87. The molecule has 3 nitrogen and oxygen atoms in total. The van der Waals surface area contributed by atoms with Gasteiger partial charge in [0.15, 0.2) is 0 Å². The summed E-state index contributed by atoms with van der Waals surface area (Å²) in [6.45, 7) is 0. The number of benzene rings is 1. The largest absolute Gasteiger partial charge is 0.508 e. The van der Waals surface area contributed by atoms with Crippen LogP contribution in [-0.4, -0.2) is 16.2 Å². The summed E-state index contributed by atoms with van der Waals surface area (Å²) in [5.41, 5.74) is -0.403. The predicted molar refractivity (Wildman–Crippen MR) is 65.4 cm³/mol. The summed E-state index contributed by atoms with van der Waals surface area (Å²) in [5, 5.41) is 18.7. The Bertz CT molecular complexity index is 503. The van der Waals surface area contributed by atoms with Crippen LogP contribution in [0.25, 0.3) is 0 Å². The van der Waals surface area contributed by atoms with Gasteiger partial charge in [0.1, 0.15) is 5.75 Å². The summed E-state index contributed by atoms with van der Waals surface area (Å²) in [5.74, 6) is -1.66. The van der Waals surface area contributed by atoms with Gasteiger partial charge in [-0.3, -0.25) is 4.79 Å². The Morgan fingerprint density at radius 3 is 2.20 bits per heavy atom. The summed E-state index contributed by atoms with van der Waals surface area (Å²) >= 11 is 0. The Balaban J connectivity index is 2.13. The highest BCUT2D eigenvalue weighted by atomic mass is 19.4. The molecule has 20 heavy (non-hydrogen) atoms. The first kappa shape index (κ1) is 14.7. The molecule has 0 radical (unpaired) electrons. The Kier molecular flexibility index (Phi) is 3.92. The first-order chi connectivity index (χ1) is 9.29. The van der Waals surface area contributed by atoms with Crippen molar-refractivity contribution >= 4 is 5.97 Å². The van der Waals surface area contributed by atoms with Crippen LogP contribution in [0.5, 0.6) is 5.75 Å².